The quantitative estimate of drug-likeness (QED) is 0.668. The number of nitrogens with one attached hydrogen (secondary N) is 1. The molecule has 21 heavy (non-hydrogen) atoms. The number of hydrogen-bond acceptors (Lipinski definition) is 3. The fraction of sp³-hybridized carbons (Fsp3) is 0.611. The van der Waals surface area contributed by atoms with E-state index in [1.807, 2.05) is 13.0 Å². The fourth-order valence-corrected chi connectivity index (χ4v) is 3.36. The van der Waals surface area contributed by atoms with E-state index >= 15 is 0 Å². The first-order valence-electron chi connectivity index (χ1n) is 8.27. The lowest BCUT2D eigenvalue weighted by atomic mass is 9.84. The first-order valence-corrected chi connectivity index (χ1v) is 8.27. The maximum Gasteiger partial charge on any atom is 0.330 e. The number of aryl methyl sites for hydroxylation is 1. The van der Waals surface area contributed by atoms with Crippen molar-refractivity contribution in [2.24, 2.45) is 5.92 Å². The summed E-state index contributed by atoms with van der Waals surface area (Å²) < 4.78 is 5.45. The highest BCUT2D eigenvalue weighted by atomic mass is 16.5. The van der Waals surface area contributed by atoms with E-state index in [2.05, 4.69) is 23.5 Å². The van der Waals surface area contributed by atoms with Gasteiger partial charge in [0.1, 0.15) is 5.54 Å². The molecule has 1 aromatic carbocycles. The lowest BCUT2D eigenvalue weighted by Gasteiger charge is -2.33. The smallest absolute Gasteiger partial charge is 0.330 e. The van der Waals surface area contributed by atoms with Gasteiger partial charge in [0.05, 0.1) is 6.61 Å². The molecule has 0 aliphatic heterocycles. The standard InChI is InChI=1S/C18H25NO2/c1-2-21-17(20)18(19-13-14-10-11-14)12-6-5-8-15-7-3-4-9-16(15)18/h3-4,7,9,14,19H,2,5-6,8,10-13H2,1H3. The molecule has 1 unspecified atom stereocenters. The molecule has 1 fully saturated rings. The SMILES string of the molecule is CCOC(=O)C1(NCC2CC2)CCCCc2ccccc21. The minimum absolute atomic E-state index is 0.0972. The van der Waals surface area contributed by atoms with Crippen LogP contribution in [-0.2, 0) is 21.5 Å². The minimum Gasteiger partial charge on any atom is -0.464 e. The molecule has 2 aliphatic carbocycles. The Bertz CT molecular complexity index is 510. The van der Waals surface area contributed by atoms with Gasteiger partial charge in [0.15, 0.2) is 0 Å². The monoisotopic (exact) mass is 287 g/mol. The number of carbonyl (C=O) groups excluding carboxylic acids is 1. The summed E-state index contributed by atoms with van der Waals surface area (Å²) >= 11 is 0. The summed E-state index contributed by atoms with van der Waals surface area (Å²) in [6.45, 7) is 3.25. The fourth-order valence-electron chi connectivity index (χ4n) is 3.36. The molecule has 0 amide bonds. The van der Waals surface area contributed by atoms with Gasteiger partial charge in [-0.2, -0.15) is 0 Å². The zero-order chi connectivity index (χ0) is 14.7. The summed E-state index contributed by atoms with van der Waals surface area (Å²) in [5.41, 5.74) is 1.80. The number of fused-ring (bicyclic) bond motifs is 1. The van der Waals surface area contributed by atoms with Crippen LogP contribution in [0.2, 0.25) is 0 Å². The normalized spacial score (nSPS) is 25.0. The molecule has 3 nitrogen and oxygen atoms in total. The van der Waals surface area contributed by atoms with Crippen LogP contribution >= 0.6 is 0 Å². The Hall–Kier alpha value is -1.35. The molecule has 1 saturated carbocycles. The second-order valence-electron chi connectivity index (χ2n) is 6.31. The predicted molar refractivity (Wildman–Crippen MR) is 83.0 cm³/mol. The number of rotatable bonds is 5. The Balaban J connectivity index is 1.97. The molecule has 1 atom stereocenters. The summed E-state index contributed by atoms with van der Waals surface area (Å²) in [6, 6.07) is 8.38. The second kappa shape index (κ2) is 6.18. The van der Waals surface area contributed by atoms with E-state index in [9.17, 15) is 4.79 Å². The van der Waals surface area contributed by atoms with Crippen LogP contribution in [0.1, 0.15) is 50.2 Å². The summed E-state index contributed by atoms with van der Waals surface area (Å²) in [4.78, 5) is 12.8. The van der Waals surface area contributed by atoms with Crippen LogP contribution in [-0.4, -0.2) is 19.1 Å². The maximum atomic E-state index is 12.8. The third-order valence-corrected chi connectivity index (χ3v) is 4.74. The van der Waals surface area contributed by atoms with Crippen LogP contribution in [0, 0.1) is 5.92 Å². The first-order chi connectivity index (χ1) is 10.3. The highest BCUT2D eigenvalue weighted by Gasteiger charge is 2.44. The Morgan fingerprint density at radius 1 is 1.33 bits per heavy atom. The number of ether oxygens (including phenoxy) is 1. The molecule has 0 saturated heterocycles. The average molecular weight is 287 g/mol. The Kier molecular flexibility index (Phi) is 4.29. The highest BCUT2D eigenvalue weighted by molar-refractivity contribution is 5.83. The van der Waals surface area contributed by atoms with Crippen molar-refractivity contribution in [3.8, 4) is 0 Å². The van der Waals surface area contributed by atoms with E-state index in [-0.39, 0.29) is 5.97 Å². The molecular weight excluding hydrogens is 262 g/mol. The Morgan fingerprint density at radius 2 is 2.14 bits per heavy atom. The van der Waals surface area contributed by atoms with Crippen molar-refractivity contribution >= 4 is 5.97 Å². The van der Waals surface area contributed by atoms with Crippen molar-refractivity contribution in [2.75, 3.05) is 13.2 Å². The lowest BCUT2D eigenvalue weighted by Crippen LogP contribution is -2.51. The molecular formula is C18H25NO2. The van der Waals surface area contributed by atoms with Gasteiger partial charge in [-0.15, -0.1) is 0 Å². The van der Waals surface area contributed by atoms with Crippen molar-refractivity contribution in [1.29, 1.82) is 0 Å². The van der Waals surface area contributed by atoms with Gasteiger partial charge in [0, 0.05) is 0 Å². The summed E-state index contributed by atoms with van der Waals surface area (Å²) in [5.74, 6) is 0.645. The molecule has 2 aliphatic rings. The first kappa shape index (κ1) is 14.6. The van der Waals surface area contributed by atoms with Gasteiger partial charge in [0.25, 0.3) is 0 Å². The molecule has 1 aromatic rings. The van der Waals surface area contributed by atoms with Crippen molar-refractivity contribution in [3.63, 3.8) is 0 Å². The number of carbonyl (C=O) groups is 1. The van der Waals surface area contributed by atoms with Crippen molar-refractivity contribution in [2.45, 2.75) is 51.0 Å². The van der Waals surface area contributed by atoms with Crippen LogP contribution in [0.5, 0.6) is 0 Å². The number of esters is 1. The van der Waals surface area contributed by atoms with Gasteiger partial charge >= 0.3 is 5.97 Å². The zero-order valence-electron chi connectivity index (χ0n) is 12.9. The second-order valence-corrected chi connectivity index (χ2v) is 6.31. The van der Waals surface area contributed by atoms with Gasteiger partial charge in [-0.25, -0.2) is 4.79 Å². The molecule has 0 radical (unpaired) electrons. The summed E-state index contributed by atoms with van der Waals surface area (Å²) in [7, 11) is 0. The topological polar surface area (TPSA) is 38.3 Å². The molecule has 3 heteroatoms. The molecule has 0 aromatic heterocycles. The molecule has 0 heterocycles. The van der Waals surface area contributed by atoms with Crippen LogP contribution in [0.4, 0.5) is 0 Å². The lowest BCUT2D eigenvalue weighted by molar-refractivity contribution is -0.152. The largest absolute Gasteiger partial charge is 0.464 e. The van der Waals surface area contributed by atoms with Crippen molar-refractivity contribution in [1.82, 2.24) is 5.32 Å². The molecule has 114 valence electrons. The van der Waals surface area contributed by atoms with Crippen LogP contribution in [0.25, 0.3) is 0 Å². The van der Waals surface area contributed by atoms with Gasteiger partial charge < -0.3 is 4.74 Å². The maximum absolute atomic E-state index is 12.8. The van der Waals surface area contributed by atoms with E-state index in [1.165, 1.54) is 18.4 Å². The number of hydrogen-bond donors (Lipinski definition) is 1. The van der Waals surface area contributed by atoms with E-state index < -0.39 is 5.54 Å². The predicted octanol–water partition coefficient (Wildman–Crippen LogP) is 3.17. The summed E-state index contributed by atoms with van der Waals surface area (Å²) in [5, 5.41) is 3.60. The van der Waals surface area contributed by atoms with Gasteiger partial charge in [-0.1, -0.05) is 30.7 Å². The third-order valence-electron chi connectivity index (χ3n) is 4.74. The van der Waals surface area contributed by atoms with E-state index in [4.69, 9.17) is 4.74 Å². The molecule has 1 N–H and O–H groups in total. The minimum atomic E-state index is -0.633. The van der Waals surface area contributed by atoms with E-state index in [0.29, 0.717) is 6.61 Å². The van der Waals surface area contributed by atoms with E-state index in [1.54, 1.807) is 0 Å². The van der Waals surface area contributed by atoms with Crippen molar-refractivity contribution < 1.29 is 9.53 Å². The average Bonchev–Trinajstić information content (AvgIpc) is 3.32. The summed E-state index contributed by atoms with van der Waals surface area (Å²) in [6.07, 6.45) is 6.67. The number of benzene rings is 1. The van der Waals surface area contributed by atoms with Crippen molar-refractivity contribution in [3.05, 3.63) is 35.4 Å². The van der Waals surface area contributed by atoms with E-state index in [0.717, 1.165) is 43.7 Å². The molecule has 0 bridgehead atoms. The Morgan fingerprint density at radius 3 is 2.90 bits per heavy atom. The van der Waals surface area contributed by atoms with Crippen LogP contribution in [0.15, 0.2) is 24.3 Å². The van der Waals surface area contributed by atoms with Gasteiger partial charge in [-0.3, -0.25) is 5.32 Å². The third kappa shape index (κ3) is 2.98. The van der Waals surface area contributed by atoms with Gasteiger partial charge in [0.2, 0.25) is 0 Å². The van der Waals surface area contributed by atoms with Crippen LogP contribution < -0.4 is 5.32 Å². The zero-order valence-corrected chi connectivity index (χ0v) is 12.9. The van der Waals surface area contributed by atoms with Gasteiger partial charge in [-0.05, 0) is 62.6 Å². The highest BCUT2D eigenvalue weighted by Crippen LogP contribution is 2.37. The molecule has 0 spiro atoms. The Labute approximate surface area is 127 Å². The van der Waals surface area contributed by atoms with Crippen LogP contribution in [0.3, 0.4) is 0 Å². The molecule has 3 rings (SSSR count).